The minimum Gasteiger partial charge on any atom is -0.383 e. The van der Waals surface area contributed by atoms with Crippen LogP contribution in [0.4, 0.5) is 20.2 Å². The summed E-state index contributed by atoms with van der Waals surface area (Å²) in [4.78, 5) is 8.67. The number of hydrogen-bond acceptors (Lipinski definition) is 8. The molecule has 1 atom stereocenters. The third-order valence-electron chi connectivity index (χ3n) is 7.28. The van der Waals surface area contributed by atoms with E-state index in [4.69, 9.17) is 0 Å². The van der Waals surface area contributed by atoms with Crippen LogP contribution >= 0.6 is 0 Å². The average molecular weight is 580 g/mol. The van der Waals surface area contributed by atoms with Gasteiger partial charge in [-0.25, -0.2) is 13.5 Å². The minimum absolute atomic E-state index is 0.0810. The Morgan fingerprint density at radius 1 is 0.977 bits per heavy atom. The van der Waals surface area contributed by atoms with Crippen LogP contribution in [0.5, 0.6) is 0 Å². The summed E-state index contributed by atoms with van der Waals surface area (Å²) in [6, 6.07) is 14.9. The van der Waals surface area contributed by atoms with Gasteiger partial charge in [-0.3, -0.25) is 9.97 Å². The highest BCUT2D eigenvalue weighted by molar-refractivity contribution is 5.99. The van der Waals surface area contributed by atoms with Gasteiger partial charge in [0.05, 0.1) is 34.6 Å². The lowest BCUT2D eigenvalue weighted by Crippen LogP contribution is -2.34. The first-order valence-corrected chi connectivity index (χ1v) is 13.7. The fraction of sp³-hybridized carbons (Fsp3) is 0.312. The van der Waals surface area contributed by atoms with E-state index in [1.54, 1.807) is 18.5 Å². The summed E-state index contributed by atoms with van der Waals surface area (Å²) in [5.74, 6) is 0. The second-order valence-corrected chi connectivity index (χ2v) is 12.2. The fourth-order valence-corrected chi connectivity index (χ4v) is 4.77. The van der Waals surface area contributed by atoms with Crippen LogP contribution in [0.2, 0.25) is 0 Å². The van der Waals surface area contributed by atoms with E-state index >= 15 is 0 Å². The number of benzene rings is 2. The highest BCUT2D eigenvalue weighted by Crippen LogP contribution is 2.36. The maximum atomic E-state index is 13.9. The summed E-state index contributed by atoms with van der Waals surface area (Å²) in [5, 5.41) is 37.6. The van der Waals surface area contributed by atoms with Crippen molar-refractivity contribution >= 4 is 33.1 Å². The third kappa shape index (κ3) is 5.80. The molecule has 0 aliphatic carbocycles. The molecule has 0 fully saturated rings. The molecule has 1 unspecified atom stereocenters. The number of hydrogen-bond donors (Lipinski definition) is 2. The lowest BCUT2D eigenvalue weighted by Gasteiger charge is -2.24. The molecule has 3 aromatic heterocycles. The second-order valence-electron chi connectivity index (χ2n) is 12.2. The summed E-state index contributed by atoms with van der Waals surface area (Å²) >= 11 is 0. The number of rotatable bonds is 8. The van der Waals surface area contributed by atoms with E-state index in [1.807, 2.05) is 30.3 Å². The number of nitrogens with one attached hydrogen (secondary N) is 2. The van der Waals surface area contributed by atoms with Crippen molar-refractivity contribution in [3.05, 3.63) is 83.6 Å². The number of fused-ring (bicyclic) bond motifs is 2. The van der Waals surface area contributed by atoms with Crippen LogP contribution in [0, 0.1) is 28.1 Å². The van der Waals surface area contributed by atoms with Gasteiger partial charge >= 0.3 is 0 Å². The van der Waals surface area contributed by atoms with Crippen molar-refractivity contribution in [1.82, 2.24) is 25.0 Å². The van der Waals surface area contributed by atoms with Crippen LogP contribution in [0.1, 0.15) is 63.0 Å². The Morgan fingerprint density at radius 3 is 2.44 bits per heavy atom. The molecule has 0 spiro atoms. The molecule has 0 saturated heterocycles. The van der Waals surface area contributed by atoms with E-state index in [0.29, 0.717) is 45.6 Å². The normalized spacial score (nSPS) is 12.7. The van der Waals surface area contributed by atoms with Gasteiger partial charge in [0.1, 0.15) is 23.4 Å². The zero-order valence-corrected chi connectivity index (χ0v) is 24.5. The number of nitriles is 2. The molecule has 0 saturated carbocycles. The maximum absolute atomic E-state index is 13.9. The second kappa shape index (κ2) is 11.3. The molecule has 11 heteroatoms. The van der Waals surface area contributed by atoms with Crippen molar-refractivity contribution in [1.29, 1.82) is 10.5 Å². The number of alkyl halides is 2. The molecule has 0 aliphatic heterocycles. The minimum atomic E-state index is -2.67. The number of aromatic nitrogens is 5. The van der Waals surface area contributed by atoms with Gasteiger partial charge in [0.25, 0.3) is 6.43 Å². The first kappa shape index (κ1) is 29.3. The molecule has 0 aliphatic rings. The number of anilines is 2. The average Bonchev–Trinajstić information content (AvgIpc) is 3.48. The fourth-order valence-electron chi connectivity index (χ4n) is 4.77. The monoisotopic (exact) mass is 579 g/mol. The van der Waals surface area contributed by atoms with E-state index < -0.39 is 18.0 Å². The highest BCUT2D eigenvalue weighted by Gasteiger charge is 2.34. The van der Waals surface area contributed by atoms with Gasteiger partial charge in [-0.2, -0.15) is 10.5 Å². The van der Waals surface area contributed by atoms with Crippen LogP contribution in [0.3, 0.4) is 0 Å². The Bertz CT molecular complexity index is 1890. The Morgan fingerprint density at radius 2 is 1.74 bits per heavy atom. The Balaban J connectivity index is 1.69. The van der Waals surface area contributed by atoms with Gasteiger partial charge in [-0.05, 0) is 48.4 Å². The predicted molar refractivity (Wildman–Crippen MR) is 162 cm³/mol. The number of halogens is 2. The zero-order valence-electron chi connectivity index (χ0n) is 24.5. The molecule has 218 valence electrons. The molecule has 9 nitrogen and oxygen atoms in total. The standard InChI is InChI=1S/C32H31F2N9/c1-31(2,3)18-39-28-21(14-36)16-38-27-20(13-35)11-22(12-25(27)28)40-29(24-8-6-7-19-15-37-10-9-23(19)24)26-17-43(42-41-26)32(4,5)30(33)34/h6-12,15-17,29-30,40H,18H2,1-5H3,(H,38,39). The summed E-state index contributed by atoms with van der Waals surface area (Å²) in [6.07, 6.45) is 3.75. The molecule has 0 amide bonds. The maximum Gasteiger partial charge on any atom is 0.262 e. The van der Waals surface area contributed by atoms with Gasteiger partial charge in [0.15, 0.2) is 0 Å². The number of pyridine rings is 2. The summed E-state index contributed by atoms with van der Waals surface area (Å²) in [6.45, 7) is 9.62. The summed E-state index contributed by atoms with van der Waals surface area (Å²) in [7, 11) is 0. The molecule has 43 heavy (non-hydrogen) atoms. The molecule has 2 aromatic carbocycles. The van der Waals surface area contributed by atoms with Gasteiger partial charge in [0, 0.05) is 41.6 Å². The molecule has 3 heterocycles. The molecule has 0 radical (unpaired) electrons. The molecular formula is C32H31F2N9. The summed E-state index contributed by atoms with van der Waals surface area (Å²) < 4.78 is 28.9. The summed E-state index contributed by atoms with van der Waals surface area (Å²) in [5.41, 5.74) is 1.83. The zero-order chi connectivity index (χ0) is 30.9. The van der Waals surface area contributed by atoms with Crippen molar-refractivity contribution in [2.75, 3.05) is 17.2 Å². The van der Waals surface area contributed by atoms with Crippen LogP contribution in [-0.2, 0) is 5.54 Å². The largest absolute Gasteiger partial charge is 0.383 e. The highest BCUT2D eigenvalue weighted by atomic mass is 19.3. The Hall–Kier alpha value is -5.16. The first-order valence-electron chi connectivity index (χ1n) is 13.7. The Kier molecular flexibility index (Phi) is 7.68. The third-order valence-corrected chi connectivity index (χ3v) is 7.28. The lowest BCUT2D eigenvalue weighted by atomic mass is 9.96. The smallest absolute Gasteiger partial charge is 0.262 e. The van der Waals surface area contributed by atoms with Crippen molar-refractivity contribution in [2.24, 2.45) is 5.41 Å². The van der Waals surface area contributed by atoms with Gasteiger partial charge < -0.3 is 10.6 Å². The molecule has 5 rings (SSSR count). The van der Waals surface area contributed by atoms with Gasteiger partial charge in [-0.1, -0.05) is 44.2 Å². The molecule has 5 aromatic rings. The van der Waals surface area contributed by atoms with E-state index in [0.717, 1.165) is 16.3 Å². The van der Waals surface area contributed by atoms with Crippen LogP contribution in [-0.4, -0.2) is 37.9 Å². The molecule has 2 N–H and O–H groups in total. The SMILES string of the molecule is CC(C)(C)CNc1c(C#N)cnc2c(C#N)cc(NC(c3cn(C(C)(C)C(F)F)nn3)c3cccc4cnccc34)cc12. The van der Waals surface area contributed by atoms with Crippen LogP contribution < -0.4 is 10.6 Å². The van der Waals surface area contributed by atoms with E-state index in [-0.39, 0.29) is 5.41 Å². The van der Waals surface area contributed by atoms with Gasteiger partial charge in [-0.15, -0.1) is 5.10 Å². The Labute approximate surface area is 248 Å². The lowest BCUT2D eigenvalue weighted by molar-refractivity contribution is 0.0191. The van der Waals surface area contributed by atoms with Crippen molar-refractivity contribution in [3.63, 3.8) is 0 Å². The van der Waals surface area contributed by atoms with Gasteiger partial charge in [0.2, 0.25) is 0 Å². The van der Waals surface area contributed by atoms with Crippen LogP contribution in [0.25, 0.3) is 21.7 Å². The quantitative estimate of drug-likeness (QED) is 0.206. The molecule has 0 bridgehead atoms. The molecular weight excluding hydrogens is 548 g/mol. The topological polar surface area (TPSA) is 128 Å². The van der Waals surface area contributed by atoms with Crippen LogP contribution in [0.15, 0.2) is 61.2 Å². The van der Waals surface area contributed by atoms with E-state index in [2.05, 4.69) is 63.8 Å². The van der Waals surface area contributed by atoms with E-state index in [9.17, 15) is 19.3 Å². The van der Waals surface area contributed by atoms with E-state index in [1.165, 1.54) is 30.9 Å². The van der Waals surface area contributed by atoms with Crippen molar-refractivity contribution in [2.45, 2.75) is 52.6 Å². The number of nitrogens with zero attached hydrogens (tertiary/aromatic N) is 7. The van der Waals surface area contributed by atoms with Crippen molar-refractivity contribution < 1.29 is 8.78 Å². The first-order chi connectivity index (χ1) is 20.4. The van der Waals surface area contributed by atoms with Crippen molar-refractivity contribution in [3.8, 4) is 12.1 Å². The predicted octanol–water partition coefficient (Wildman–Crippen LogP) is 6.78.